The third-order valence-corrected chi connectivity index (χ3v) is 5.49. The number of nitrogen functional groups attached to an aromatic ring is 1. The number of anilines is 5. The predicted octanol–water partition coefficient (Wildman–Crippen LogP) is 4.60. The molecule has 0 bridgehead atoms. The fraction of sp³-hybridized carbons (Fsp3) is 0.0690. The van der Waals surface area contributed by atoms with Gasteiger partial charge in [-0.25, -0.2) is 0 Å². The zero-order valence-electron chi connectivity index (χ0n) is 20.1. The summed E-state index contributed by atoms with van der Waals surface area (Å²) in [5.74, 6) is -0.875. The highest BCUT2D eigenvalue weighted by molar-refractivity contribution is 6.06. The minimum atomic E-state index is -0.320. The summed E-state index contributed by atoms with van der Waals surface area (Å²) in [7, 11) is 0. The zero-order chi connectivity index (χ0) is 26.0. The smallest absolute Gasteiger partial charge is 0.255 e. The fourth-order valence-corrected chi connectivity index (χ4v) is 3.66. The van der Waals surface area contributed by atoms with Crippen LogP contribution in [0.25, 0.3) is 0 Å². The highest BCUT2D eigenvalue weighted by Crippen LogP contribution is 2.20. The van der Waals surface area contributed by atoms with Gasteiger partial charge in [-0.1, -0.05) is 48.5 Å². The van der Waals surface area contributed by atoms with Gasteiger partial charge < -0.3 is 26.6 Å². The van der Waals surface area contributed by atoms with Crippen LogP contribution < -0.4 is 26.6 Å². The molecule has 5 N–H and O–H groups in total. The maximum absolute atomic E-state index is 12.8. The van der Waals surface area contributed by atoms with E-state index in [0.717, 1.165) is 0 Å². The van der Waals surface area contributed by atoms with Gasteiger partial charge in [0.05, 0.1) is 24.5 Å². The number of amides is 3. The number of carbonyl (C=O) groups excluding carboxylic acids is 3. The van der Waals surface area contributed by atoms with E-state index >= 15 is 0 Å². The van der Waals surface area contributed by atoms with Gasteiger partial charge in [0.15, 0.2) is 0 Å². The Labute approximate surface area is 215 Å². The summed E-state index contributed by atoms with van der Waals surface area (Å²) in [6.45, 7) is -0.133. The summed E-state index contributed by atoms with van der Waals surface area (Å²) in [6, 6.07) is 31.9. The van der Waals surface area contributed by atoms with Crippen LogP contribution in [0.5, 0.6) is 0 Å². The van der Waals surface area contributed by atoms with Crippen molar-refractivity contribution in [2.24, 2.45) is 0 Å². The van der Waals surface area contributed by atoms with Crippen molar-refractivity contribution in [3.8, 4) is 0 Å². The van der Waals surface area contributed by atoms with E-state index in [-0.39, 0.29) is 30.8 Å². The monoisotopic (exact) mass is 493 g/mol. The Morgan fingerprint density at radius 2 is 1.08 bits per heavy atom. The summed E-state index contributed by atoms with van der Waals surface area (Å²) in [6.07, 6.45) is 0. The number of carbonyl (C=O) groups is 3. The second-order valence-electron chi connectivity index (χ2n) is 8.27. The van der Waals surface area contributed by atoms with Crippen LogP contribution in [0.3, 0.4) is 0 Å². The molecule has 0 atom stereocenters. The number of nitrogens with zero attached hydrogens (tertiary/aromatic N) is 1. The molecule has 37 heavy (non-hydrogen) atoms. The lowest BCUT2D eigenvalue weighted by atomic mass is 10.1. The number of nitrogens with one attached hydrogen (secondary N) is 3. The van der Waals surface area contributed by atoms with E-state index in [4.69, 9.17) is 5.73 Å². The van der Waals surface area contributed by atoms with E-state index in [1.807, 2.05) is 36.4 Å². The molecule has 0 radical (unpaired) electrons. The van der Waals surface area contributed by atoms with Crippen molar-refractivity contribution in [3.05, 3.63) is 115 Å². The summed E-state index contributed by atoms with van der Waals surface area (Å²) in [4.78, 5) is 39.9. The number of hydrogen-bond donors (Lipinski definition) is 4. The maximum Gasteiger partial charge on any atom is 0.255 e. The van der Waals surface area contributed by atoms with Crippen LogP contribution in [-0.4, -0.2) is 30.8 Å². The SMILES string of the molecule is Nc1ccccc1NC(=O)c1ccc(N(CC(=O)Nc2ccccc2)CC(=O)Nc2ccccc2)cc1. The summed E-state index contributed by atoms with van der Waals surface area (Å²) in [5, 5.41) is 8.47. The molecule has 0 saturated heterocycles. The van der Waals surface area contributed by atoms with Crippen LogP contribution in [0.1, 0.15) is 10.4 Å². The average molecular weight is 494 g/mol. The van der Waals surface area contributed by atoms with Gasteiger partial charge in [-0.05, 0) is 60.7 Å². The van der Waals surface area contributed by atoms with Crippen LogP contribution in [0.4, 0.5) is 28.4 Å². The second-order valence-corrected chi connectivity index (χ2v) is 8.27. The first-order valence-corrected chi connectivity index (χ1v) is 11.7. The number of rotatable bonds is 9. The fourth-order valence-electron chi connectivity index (χ4n) is 3.66. The van der Waals surface area contributed by atoms with Gasteiger partial charge in [0, 0.05) is 22.6 Å². The molecular weight excluding hydrogens is 466 g/mol. The molecular formula is C29H27N5O3. The molecule has 0 aliphatic rings. The minimum absolute atomic E-state index is 0.0663. The predicted molar refractivity (Wildman–Crippen MR) is 148 cm³/mol. The van der Waals surface area contributed by atoms with Gasteiger partial charge in [0.1, 0.15) is 0 Å². The molecule has 0 saturated carbocycles. The molecule has 0 unspecified atom stereocenters. The molecule has 0 aliphatic carbocycles. The zero-order valence-corrected chi connectivity index (χ0v) is 20.1. The van der Waals surface area contributed by atoms with Crippen molar-refractivity contribution in [1.82, 2.24) is 0 Å². The third-order valence-electron chi connectivity index (χ3n) is 5.49. The van der Waals surface area contributed by atoms with Gasteiger partial charge in [-0.15, -0.1) is 0 Å². The van der Waals surface area contributed by atoms with Gasteiger partial charge >= 0.3 is 0 Å². The Balaban J connectivity index is 1.48. The van der Waals surface area contributed by atoms with E-state index in [1.54, 1.807) is 77.7 Å². The first kappa shape index (κ1) is 25.0. The maximum atomic E-state index is 12.8. The van der Waals surface area contributed by atoms with Crippen LogP contribution in [0.15, 0.2) is 109 Å². The quantitative estimate of drug-likeness (QED) is 0.254. The van der Waals surface area contributed by atoms with Gasteiger partial charge in [-0.2, -0.15) is 0 Å². The van der Waals surface area contributed by atoms with Crippen LogP contribution in [-0.2, 0) is 9.59 Å². The van der Waals surface area contributed by atoms with Crippen molar-refractivity contribution in [2.75, 3.05) is 39.7 Å². The highest BCUT2D eigenvalue weighted by atomic mass is 16.2. The molecule has 0 aromatic heterocycles. The second kappa shape index (κ2) is 12.0. The lowest BCUT2D eigenvalue weighted by molar-refractivity contribution is -0.115. The first-order chi connectivity index (χ1) is 18.0. The van der Waals surface area contributed by atoms with Crippen molar-refractivity contribution in [1.29, 1.82) is 0 Å². The lowest BCUT2D eigenvalue weighted by Gasteiger charge is -2.24. The van der Waals surface area contributed by atoms with E-state index in [1.165, 1.54) is 0 Å². The lowest BCUT2D eigenvalue weighted by Crippen LogP contribution is -2.39. The molecule has 3 amide bonds. The number of hydrogen-bond acceptors (Lipinski definition) is 5. The molecule has 4 aromatic rings. The molecule has 8 heteroatoms. The van der Waals surface area contributed by atoms with Crippen molar-refractivity contribution in [2.45, 2.75) is 0 Å². The average Bonchev–Trinajstić information content (AvgIpc) is 2.91. The van der Waals surface area contributed by atoms with E-state index in [2.05, 4.69) is 16.0 Å². The van der Waals surface area contributed by atoms with Crippen LogP contribution >= 0.6 is 0 Å². The Morgan fingerprint density at radius 3 is 1.59 bits per heavy atom. The Morgan fingerprint density at radius 1 is 0.595 bits per heavy atom. The highest BCUT2D eigenvalue weighted by Gasteiger charge is 2.17. The molecule has 4 rings (SSSR count). The third kappa shape index (κ3) is 7.19. The van der Waals surface area contributed by atoms with E-state index in [9.17, 15) is 14.4 Å². The molecule has 8 nitrogen and oxygen atoms in total. The molecule has 4 aromatic carbocycles. The summed E-state index contributed by atoms with van der Waals surface area (Å²) in [5.41, 5.74) is 9.25. The standard InChI is InChI=1S/C29H27N5O3/c30-25-13-7-8-14-26(25)33-29(37)21-15-17-24(18-16-21)34(19-27(35)31-22-9-3-1-4-10-22)20-28(36)32-23-11-5-2-6-12-23/h1-18H,19-20,30H2,(H,31,35)(H,32,36)(H,33,37). The van der Waals surface area contributed by atoms with Crippen LogP contribution in [0, 0.1) is 0 Å². The Kier molecular flexibility index (Phi) is 8.13. The van der Waals surface area contributed by atoms with Crippen molar-refractivity contribution in [3.63, 3.8) is 0 Å². The van der Waals surface area contributed by atoms with Crippen molar-refractivity contribution < 1.29 is 14.4 Å². The summed E-state index contributed by atoms with van der Waals surface area (Å²) >= 11 is 0. The van der Waals surface area contributed by atoms with Gasteiger partial charge in [0.2, 0.25) is 11.8 Å². The summed E-state index contributed by atoms with van der Waals surface area (Å²) < 4.78 is 0. The van der Waals surface area contributed by atoms with Crippen LogP contribution in [0.2, 0.25) is 0 Å². The Hall–Kier alpha value is -5.11. The van der Waals surface area contributed by atoms with E-state index in [0.29, 0.717) is 34.0 Å². The Bertz CT molecular complexity index is 1300. The molecule has 186 valence electrons. The molecule has 0 heterocycles. The number of nitrogens with two attached hydrogens (primary N) is 1. The van der Waals surface area contributed by atoms with Crippen molar-refractivity contribution >= 4 is 46.2 Å². The number of para-hydroxylation sites is 4. The van der Waals surface area contributed by atoms with Gasteiger partial charge in [0.25, 0.3) is 5.91 Å². The molecule has 0 fully saturated rings. The normalized spacial score (nSPS) is 10.3. The number of benzene rings is 4. The van der Waals surface area contributed by atoms with Gasteiger partial charge in [-0.3, -0.25) is 14.4 Å². The van der Waals surface area contributed by atoms with E-state index < -0.39 is 0 Å². The largest absolute Gasteiger partial charge is 0.397 e. The molecule has 0 spiro atoms. The first-order valence-electron chi connectivity index (χ1n) is 11.7. The topological polar surface area (TPSA) is 117 Å². The molecule has 0 aliphatic heterocycles. The minimum Gasteiger partial charge on any atom is -0.397 e.